The van der Waals surface area contributed by atoms with Gasteiger partial charge in [0.1, 0.15) is 0 Å². The molecule has 2 unspecified atom stereocenters. The number of nitrogens with zero attached hydrogens (tertiary/aromatic N) is 2. The van der Waals surface area contributed by atoms with Crippen molar-refractivity contribution in [1.29, 1.82) is 0 Å². The van der Waals surface area contributed by atoms with E-state index >= 15 is 0 Å². The van der Waals surface area contributed by atoms with Gasteiger partial charge in [-0.15, -0.1) is 0 Å². The van der Waals surface area contributed by atoms with Crippen molar-refractivity contribution in [3.8, 4) is 11.1 Å². The van der Waals surface area contributed by atoms with Crippen LogP contribution in [0.5, 0.6) is 0 Å². The highest BCUT2D eigenvalue weighted by Gasteiger charge is 2.39. The van der Waals surface area contributed by atoms with Crippen LogP contribution in [0.1, 0.15) is 47.2 Å². The zero-order valence-electron chi connectivity index (χ0n) is 19.3. The normalized spacial score (nSPS) is 20.4. The smallest absolute Gasteiger partial charge is 0.0478 e. The van der Waals surface area contributed by atoms with Crippen molar-refractivity contribution in [2.45, 2.75) is 31.7 Å². The van der Waals surface area contributed by atoms with Gasteiger partial charge < -0.3 is 9.55 Å². The second kappa shape index (κ2) is 7.10. The van der Waals surface area contributed by atoms with Crippen molar-refractivity contribution >= 4 is 21.8 Å². The van der Waals surface area contributed by atoms with E-state index in [9.17, 15) is 0 Å². The van der Waals surface area contributed by atoms with Crippen LogP contribution in [0, 0.1) is 6.92 Å². The van der Waals surface area contributed by atoms with Gasteiger partial charge in [-0.05, 0) is 78.9 Å². The van der Waals surface area contributed by atoms with Crippen molar-refractivity contribution < 1.29 is 0 Å². The first-order valence-electron chi connectivity index (χ1n) is 12.2. The number of fused-ring (bicyclic) bond motifs is 6. The lowest BCUT2D eigenvalue weighted by atomic mass is 9.82. The highest BCUT2D eigenvalue weighted by molar-refractivity contribution is 5.88. The summed E-state index contributed by atoms with van der Waals surface area (Å²) in [5.74, 6) is 0.352. The minimum atomic E-state index is 0.352. The minimum Gasteiger partial charge on any atom is -0.358 e. The average molecular weight is 432 g/mol. The van der Waals surface area contributed by atoms with Gasteiger partial charge in [-0.25, -0.2) is 0 Å². The van der Waals surface area contributed by atoms with Gasteiger partial charge in [0.05, 0.1) is 0 Å². The molecule has 2 aliphatic heterocycles. The van der Waals surface area contributed by atoms with Crippen molar-refractivity contribution in [3.05, 3.63) is 95.3 Å². The van der Waals surface area contributed by atoms with E-state index in [0.717, 1.165) is 6.54 Å². The molecule has 0 aliphatic carbocycles. The standard InChI is InChI=1S/C30H29N3/c1-19-9-11-26-24(16-19)29-28-8-5-14-33(28)18-25(30(29)31-26)23-7-4-3-6-22(23)20-10-12-27-21(17-20)13-15-32(27)2/h3-4,6-7,9-13,15-17,25,28,31H,5,8,14,18H2,1-2H3. The van der Waals surface area contributed by atoms with Gasteiger partial charge in [0.25, 0.3) is 0 Å². The quantitative estimate of drug-likeness (QED) is 0.322. The molecule has 0 radical (unpaired) electrons. The summed E-state index contributed by atoms with van der Waals surface area (Å²) in [7, 11) is 2.11. The number of H-pyrrole nitrogens is 1. The van der Waals surface area contributed by atoms with E-state index in [4.69, 9.17) is 0 Å². The minimum absolute atomic E-state index is 0.352. The molecule has 2 atom stereocenters. The van der Waals surface area contributed by atoms with Crippen LogP contribution < -0.4 is 0 Å². The Hall–Kier alpha value is -3.30. The summed E-state index contributed by atoms with van der Waals surface area (Å²) in [5.41, 5.74) is 11.0. The van der Waals surface area contributed by atoms with Gasteiger partial charge in [0, 0.05) is 59.2 Å². The number of aromatic nitrogens is 2. The number of aromatic amines is 1. The Kier molecular flexibility index (Phi) is 4.13. The zero-order chi connectivity index (χ0) is 22.1. The Bertz CT molecular complexity index is 1520. The molecule has 3 heteroatoms. The predicted molar refractivity (Wildman–Crippen MR) is 137 cm³/mol. The molecule has 0 spiro atoms. The molecule has 0 bridgehead atoms. The van der Waals surface area contributed by atoms with Crippen LogP contribution in [0.4, 0.5) is 0 Å². The van der Waals surface area contributed by atoms with Crippen molar-refractivity contribution in [2.24, 2.45) is 7.05 Å². The van der Waals surface area contributed by atoms with Crippen LogP contribution in [0.25, 0.3) is 32.9 Å². The molecule has 33 heavy (non-hydrogen) atoms. The Morgan fingerprint density at radius 2 is 1.88 bits per heavy atom. The molecule has 3 nitrogen and oxygen atoms in total. The number of hydrogen-bond donors (Lipinski definition) is 1. The molecule has 1 N–H and O–H groups in total. The molecule has 2 aromatic heterocycles. The maximum Gasteiger partial charge on any atom is 0.0478 e. The van der Waals surface area contributed by atoms with E-state index in [1.54, 1.807) is 5.56 Å². The van der Waals surface area contributed by atoms with Crippen LogP contribution in [-0.4, -0.2) is 27.5 Å². The van der Waals surface area contributed by atoms with E-state index in [2.05, 4.69) is 101 Å². The van der Waals surface area contributed by atoms with Gasteiger partial charge in [0.2, 0.25) is 0 Å². The van der Waals surface area contributed by atoms with Gasteiger partial charge in [-0.3, -0.25) is 4.90 Å². The first-order chi connectivity index (χ1) is 16.2. The molecule has 0 amide bonds. The molecule has 1 fully saturated rings. The molecular formula is C30H29N3. The third kappa shape index (κ3) is 2.85. The van der Waals surface area contributed by atoms with Crippen LogP contribution in [0.3, 0.4) is 0 Å². The summed E-state index contributed by atoms with van der Waals surface area (Å²) in [6.07, 6.45) is 4.71. The second-order valence-electron chi connectivity index (χ2n) is 9.99. The Balaban J connectivity index is 1.43. The maximum atomic E-state index is 3.89. The fourth-order valence-electron chi connectivity index (χ4n) is 6.45. The molecule has 4 heterocycles. The number of rotatable bonds is 2. The molecule has 2 aliphatic rings. The highest BCUT2D eigenvalue weighted by Crippen LogP contribution is 2.48. The topological polar surface area (TPSA) is 24.0 Å². The maximum absolute atomic E-state index is 3.89. The van der Waals surface area contributed by atoms with Crippen molar-refractivity contribution in [2.75, 3.05) is 13.1 Å². The van der Waals surface area contributed by atoms with Gasteiger partial charge in [-0.2, -0.15) is 0 Å². The fraction of sp³-hybridized carbons (Fsp3) is 0.267. The van der Waals surface area contributed by atoms with Crippen LogP contribution in [0.15, 0.2) is 72.9 Å². The molecule has 0 saturated carbocycles. The Labute approximate surface area is 194 Å². The molecular weight excluding hydrogens is 402 g/mol. The lowest BCUT2D eigenvalue weighted by molar-refractivity contribution is 0.230. The van der Waals surface area contributed by atoms with Crippen LogP contribution in [0.2, 0.25) is 0 Å². The van der Waals surface area contributed by atoms with Crippen LogP contribution in [-0.2, 0) is 7.05 Å². The SMILES string of the molecule is Cc1ccc2[nH]c3c(c2c1)C1CCCN1CC3c1ccccc1-c1ccc2c(ccn2C)c1. The third-order valence-electron chi connectivity index (χ3n) is 8.02. The number of nitrogens with one attached hydrogen (secondary N) is 1. The largest absolute Gasteiger partial charge is 0.358 e. The van der Waals surface area contributed by atoms with Gasteiger partial charge in [-0.1, -0.05) is 42.0 Å². The summed E-state index contributed by atoms with van der Waals surface area (Å²) in [6, 6.07) is 25.6. The molecule has 1 saturated heterocycles. The second-order valence-corrected chi connectivity index (χ2v) is 9.99. The molecule has 3 aromatic carbocycles. The third-order valence-corrected chi connectivity index (χ3v) is 8.02. The van der Waals surface area contributed by atoms with E-state index < -0.39 is 0 Å². The van der Waals surface area contributed by atoms with E-state index in [-0.39, 0.29) is 0 Å². The molecule has 164 valence electrons. The first-order valence-corrected chi connectivity index (χ1v) is 12.2. The summed E-state index contributed by atoms with van der Waals surface area (Å²) in [5, 5.41) is 2.73. The van der Waals surface area contributed by atoms with Gasteiger partial charge >= 0.3 is 0 Å². The summed E-state index contributed by atoms with van der Waals surface area (Å²) in [4.78, 5) is 6.62. The highest BCUT2D eigenvalue weighted by atomic mass is 15.2. The van der Waals surface area contributed by atoms with Crippen molar-refractivity contribution in [1.82, 2.24) is 14.5 Å². The number of hydrogen-bond acceptors (Lipinski definition) is 1. The monoisotopic (exact) mass is 431 g/mol. The first kappa shape index (κ1) is 19.2. The average Bonchev–Trinajstić information content (AvgIpc) is 3.55. The fourth-order valence-corrected chi connectivity index (χ4v) is 6.45. The zero-order valence-corrected chi connectivity index (χ0v) is 19.3. The van der Waals surface area contributed by atoms with Crippen LogP contribution >= 0.6 is 0 Å². The summed E-state index contributed by atoms with van der Waals surface area (Å²) >= 11 is 0. The lowest BCUT2D eigenvalue weighted by Crippen LogP contribution is -2.34. The number of benzene rings is 3. The van der Waals surface area contributed by atoms with Crippen molar-refractivity contribution in [3.63, 3.8) is 0 Å². The Morgan fingerprint density at radius 1 is 0.970 bits per heavy atom. The van der Waals surface area contributed by atoms with Gasteiger partial charge in [0.15, 0.2) is 0 Å². The molecule has 5 aromatic rings. The summed E-state index contributed by atoms with van der Waals surface area (Å²) < 4.78 is 2.19. The number of aryl methyl sites for hydroxylation is 2. The summed E-state index contributed by atoms with van der Waals surface area (Å²) in [6.45, 7) is 4.51. The van der Waals surface area contributed by atoms with E-state index in [0.29, 0.717) is 12.0 Å². The Morgan fingerprint density at radius 3 is 2.82 bits per heavy atom. The van der Waals surface area contributed by atoms with E-state index in [1.807, 2.05) is 0 Å². The van der Waals surface area contributed by atoms with E-state index in [1.165, 1.54) is 69.1 Å². The predicted octanol–water partition coefficient (Wildman–Crippen LogP) is 6.92. The lowest BCUT2D eigenvalue weighted by Gasteiger charge is -2.36. The molecule has 7 rings (SSSR count).